The van der Waals surface area contributed by atoms with Crippen LogP contribution in [0, 0.1) is 0 Å². The van der Waals surface area contributed by atoms with Crippen LogP contribution < -0.4 is 19.8 Å². The number of rotatable bonds is 5. The van der Waals surface area contributed by atoms with Crippen molar-refractivity contribution in [3.8, 4) is 11.5 Å². The van der Waals surface area contributed by atoms with Crippen molar-refractivity contribution in [3.63, 3.8) is 0 Å². The number of aromatic amines is 1. The van der Waals surface area contributed by atoms with E-state index in [1.54, 1.807) is 34.5 Å². The number of carbonyl (C=O) groups is 2. The summed E-state index contributed by atoms with van der Waals surface area (Å²) in [4.78, 5) is 37.8. The number of fused-ring (bicyclic) bond motifs is 1. The standard InChI is InChI=1S/C22H18F3N5O3S/c1-13(2)29(15-6-4-3-5-7-15)21(32)27-14-8-9-16-18(10-14)30(33-20(31)22(23,24)25)19(28-16)17-11-34-12-26-17/h3-13H,1-2H3,(H,27,32)/p+1. The SMILES string of the molecule is CC(C)N(C(=O)Nc1ccc2[nH]c(-c3cscn3)[n+](OC(=O)C(F)(F)F)c2c1)c1ccccc1. The lowest BCUT2D eigenvalue weighted by atomic mass is 10.2. The van der Waals surface area contributed by atoms with Gasteiger partial charge in [0.2, 0.25) is 5.52 Å². The molecule has 0 fully saturated rings. The van der Waals surface area contributed by atoms with E-state index in [-0.39, 0.29) is 23.1 Å². The van der Waals surface area contributed by atoms with E-state index >= 15 is 0 Å². The lowest BCUT2D eigenvalue weighted by Gasteiger charge is -2.27. The van der Waals surface area contributed by atoms with Crippen LogP contribution in [0.25, 0.3) is 22.6 Å². The number of amides is 2. The minimum atomic E-state index is -5.20. The number of anilines is 2. The lowest BCUT2D eigenvalue weighted by molar-refractivity contribution is -0.841. The highest BCUT2D eigenvalue weighted by atomic mass is 32.1. The molecule has 0 aliphatic rings. The zero-order valence-electron chi connectivity index (χ0n) is 18.0. The van der Waals surface area contributed by atoms with Crippen LogP contribution in [-0.4, -0.2) is 34.2 Å². The van der Waals surface area contributed by atoms with Crippen LogP contribution in [0.5, 0.6) is 0 Å². The summed E-state index contributed by atoms with van der Waals surface area (Å²) < 4.78 is 39.5. The van der Waals surface area contributed by atoms with Crippen LogP contribution in [0.3, 0.4) is 0 Å². The highest BCUT2D eigenvalue weighted by Gasteiger charge is 2.44. The van der Waals surface area contributed by atoms with Crippen molar-refractivity contribution < 1.29 is 32.3 Å². The van der Waals surface area contributed by atoms with Gasteiger partial charge in [-0.05, 0) is 42.8 Å². The van der Waals surface area contributed by atoms with Gasteiger partial charge >= 0.3 is 24.0 Å². The number of nitrogens with zero attached hydrogens (tertiary/aromatic N) is 3. The van der Waals surface area contributed by atoms with E-state index in [9.17, 15) is 22.8 Å². The Morgan fingerprint density at radius 1 is 1.18 bits per heavy atom. The van der Waals surface area contributed by atoms with Gasteiger partial charge in [0.15, 0.2) is 11.2 Å². The number of alkyl halides is 3. The van der Waals surface area contributed by atoms with E-state index < -0.39 is 18.2 Å². The van der Waals surface area contributed by atoms with Crippen LogP contribution in [-0.2, 0) is 4.79 Å². The van der Waals surface area contributed by atoms with E-state index in [4.69, 9.17) is 0 Å². The second-order valence-corrected chi connectivity index (χ2v) is 8.20. The Morgan fingerprint density at radius 3 is 2.53 bits per heavy atom. The summed E-state index contributed by atoms with van der Waals surface area (Å²) in [5, 5.41) is 4.34. The van der Waals surface area contributed by atoms with Gasteiger partial charge in [0.05, 0.1) is 5.51 Å². The van der Waals surface area contributed by atoms with Gasteiger partial charge in [-0.15, -0.1) is 11.3 Å². The third-order valence-electron chi connectivity index (χ3n) is 4.77. The first kappa shape index (κ1) is 23.2. The maximum Gasteiger partial charge on any atom is 0.495 e. The number of imidazole rings is 1. The third kappa shape index (κ3) is 4.71. The summed E-state index contributed by atoms with van der Waals surface area (Å²) in [6, 6.07) is 13.0. The number of thiazole rings is 1. The van der Waals surface area contributed by atoms with Crippen molar-refractivity contribution in [1.29, 1.82) is 0 Å². The molecule has 12 heteroatoms. The van der Waals surface area contributed by atoms with Crippen molar-refractivity contribution in [1.82, 2.24) is 9.97 Å². The first-order valence-electron chi connectivity index (χ1n) is 10.1. The number of H-pyrrole nitrogens is 1. The summed E-state index contributed by atoms with van der Waals surface area (Å²) in [6.07, 6.45) is -5.20. The fraction of sp³-hybridized carbons (Fsp3) is 0.182. The molecule has 2 aromatic carbocycles. The van der Waals surface area contributed by atoms with Crippen LogP contribution in [0.2, 0.25) is 0 Å². The number of urea groups is 1. The van der Waals surface area contributed by atoms with E-state index in [2.05, 4.69) is 20.1 Å². The first-order chi connectivity index (χ1) is 16.1. The maximum atomic E-state index is 13.0. The van der Waals surface area contributed by atoms with E-state index in [0.29, 0.717) is 16.9 Å². The fourth-order valence-corrected chi connectivity index (χ4v) is 3.87. The monoisotopic (exact) mass is 490 g/mol. The van der Waals surface area contributed by atoms with Gasteiger partial charge in [-0.1, -0.05) is 18.2 Å². The number of benzene rings is 2. The van der Waals surface area contributed by atoms with Crippen LogP contribution in [0.15, 0.2) is 59.4 Å². The van der Waals surface area contributed by atoms with Gasteiger partial charge in [0, 0.05) is 28.9 Å². The molecule has 2 aromatic heterocycles. The van der Waals surface area contributed by atoms with E-state index in [1.165, 1.54) is 22.9 Å². The summed E-state index contributed by atoms with van der Waals surface area (Å²) in [6.45, 7) is 3.71. The molecular formula is C22H19F3N5O3S+. The Kier molecular flexibility index (Phi) is 6.24. The van der Waals surface area contributed by atoms with Crippen LogP contribution >= 0.6 is 11.3 Å². The Balaban J connectivity index is 1.72. The molecule has 0 bridgehead atoms. The van der Waals surface area contributed by atoms with Crippen molar-refractivity contribution >= 4 is 45.7 Å². The summed E-state index contributed by atoms with van der Waals surface area (Å²) in [5.74, 6) is -2.34. The van der Waals surface area contributed by atoms with Gasteiger partial charge in [0.25, 0.3) is 0 Å². The number of nitrogens with one attached hydrogen (secondary N) is 2. The number of carbonyl (C=O) groups excluding carboxylic acids is 2. The third-order valence-corrected chi connectivity index (χ3v) is 5.36. The van der Waals surface area contributed by atoms with Crippen LogP contribution in [0.1, 0.15) is 13.8 Å². The number of halogens is 3. The van der Waals surface area contributed by atoms with Gasteiger partial charge < -0.3 is 5.32 Å². The topological polar surface area (TPSA) is 91.2 Å². The quantitative estimate of drug-likeness (QED) is 0.402. The molecule has 4 aromatic rings. The van der Waals surface area contributed by atoms with Gasteiger partial charge in [0.1, 0.15) is 0 Å². The maximum absolute atomic E-state index is 13.0. The number of aromatic nitrogens is 3. The predicted molar refractivity (Wildman–Crippen MR) is 120 cm³/mol. The number of hydrogen-bond donors (Lipinski definition) is 2. The average Bonchev–Trinajstić information content (AvgIpc) is 3.42. The second kappa shape index (κ2) is 9.14. The van der Waals surface area contributed by atoms with E-state index in [0.717, 1.165) is 4.73 Å². The van der Waals surface area contributed by atoms with E-state index in [1.807, 2.05) is 32.0 Å². The Hall–Kier alpha value is -3.93. The number of hydrogen-bond acceptors (Lipinski definition) is 5. The molecule has 2 N–H and O–H groups in total. The Labute approximate surface area is 195 Å². The molecule has 0 aliphatic carbocycles. The zero-order chi connectivity index (χ0) is 24.5. The van der Waals surface area contributed by atoms with Crippen molar-refractivity contribution in [3.05, 3.63) is 59.4 Å². The summed E-state index contributed by atoms with van der Waals surface area (Å²) in [5.41, 5.74) is 3.23. The lowest BCUT2D eigenvalue weighted by Crippen LogP contribution is -2.51. The Morgan fingerprint density at radius 2 is 1.91 bits per heavy atom. The zero-order valence-corrected chi connectivity index (χ0v) is 18.8. The predicted octanol–water partition coefficient (Wildman–Crippen LogP) is 4.54. The minimum Gasteiger partial charge on any atom is -0.307 e. The molecule has 0 unspecified atom stereocenters. The molecule has 0 saturated heterocycles. The Bertz CT molecular complexity index is 1320. The van der Waals surface area contributed by atoms with Crippen molar-refractivity contribution in [2.75, 3.05) is 10.2 Å². The fourth-order valence-electron chi connectivity index (χ4n) is 3.33. The van der Waals surface area contributed by atoms with Crippen molar-refractivity contribution in [2.24, 2.45) is 0 Å². The molecule has 4 rings (SSSR count). The molecule has 0 atom stereocenters. The molecule has 0 radical (unpaired) electrons. The molecule has 0 saturated carbocycles. The normalized spacial score (nSPS) is 11.6. The van der Waals surface area contributed by atoms with Crippen molar-refractivity contribution in [2.45, 2.75) is 26.1 Å². The van der Waals surface area contributed by atoms with Gasteiger partial charge in [-0.3, -0.25) is 4.90 Å². The average molecular weight is 490 g/mol. The molecule has 8 nitrogen and oxygen atoms in total. The molecule has 2 heterocycles. The molecule has 0 aliphatic heterocycles. The molecular weight excluding hydrogens is 471 g/mol. The molecule has 0 spiro atoms. The molecule has 34 heavy (non-hydrogen) atoms. The highest BCUT2D eigenvalue weighted by molar-refractivity contribution is 7.07. The highest BCUT2D eigenvalue weighted by Crippen LogP contribution is 2.24. The second-order valence-electron chi connectivity index (χ2n) is 7.48. The van der Waals surface area contributed by atoms with Gasteiger partial charge in [-0.25, -0.2) is 24.4 Å². The number of para-hydroxylation sites is 1. The summed E-state index contributed by atoms with van der Waals surface area (Å²) in [7, 11) is 0. The summed E-state index contributed by atoms with van der Waals surface area (Å²) >= 11 is 1.22. The smallest absolute Gasteiger partial charge is 0.307 e. The molecule has 2 amide bonds. The first-order valence-corrected chi connectivity index (χ1v) is 11.0. The van der Waals surface area contributed by atoms with Crippen LogP contribution in [0.4, 0.5) is 29.3 Å². The minimum absolute atomic E-state index is 0.0467. The van der Waals surface area contributed by atoms with Gasteiger partial charge in [-0.2, -0.15) is 13.2 Å². The largest absolute Gasteiger partial charge is 0.495 e. The molecule has 176 valence electrons.